The van der Waals surface area contributed by atoms with E-state index in [1.54, 1.807) is 25.1 Å². The second-order valence-electron chi connectivity index (χ2n) is 4.14. The molecule has 4 nitrogen and oxygen atoms in total. The molecule has 0 aliphatic carbocycles. The zero-order chi connectivity index (χ0) is 14.9. The lowest BCUT2D eigenvalue weighted by molar-refractivity contribution is -0.178. The summed E-state index contributed by atoms with van der Waals surface area (Å²) in [6.45, 7) is 1.69. The molecule has 1 heterocycles. The van der Waals surface area contributed by atoms with Crippen LogP contribution in [0.25, 0.3) is 5.70 Å². The Bertz CT molecular complexity index is 540. The van der Waals surface area contributed by atoms with Gasteiger partial charge in [0.2, 0.25) is 6.10 Å². The largest absolute Gasteiger partial charge is 0.479 e. The van der Waals surface area contributed by atoms with E-state index in [9.17, 15) is 18.0 Å². The lowest BCUT2D eigenvalue weighted by Crippen LogP contribution is -2.31. The summed E-state index contributed by atoms with van der Waals surface area (Å²) in [5, 5.41) is 9.91. The molecule has 0 bridgehead atoms. The Morgan fingerprint density at radius 1 is 1.35 bits per heavy atom. The maximum Gasteiger partial charge on any atom is 0.417 e. The van der Waals surface area contributed by atoms with Crippen LogP contribution in [0.4, 0.5) is 13.2 Å². The molecule has 1 aromatic rings. The van der Waals surface area contributed by atoms with Gasteiger partial charge in [0.15, 0.2) is 0 Å². The summed E-state index contributed by atoms with van der Waals surface area (Å²) >= 11 is 0. The van der Waals surface area contributed by atoms with Crippen molar-refractivity contribution < 1.29 is 27.9 Å². The molecule has 7 heteroatoms. The minimum atomic E-state index is -4.78. The lowest BCUT2D eigenvalue weighted by atomic mass is 10.0. The molecular weight excluding hydrogens is 275 g/mol. The number of hydroxylamine groups is 2. The molecule has 1 aliphatic heterocycles. The summed E-state index contributed by atoms with van der Waals surface area (Å²) in [4.78, 5) is 15.9. The van der Waals surface area contributed by atoms with Crippen molar-refractivity contribution in [2.45, 2.75) is 19.2 Å². The Morgan fingerprint density at radius 2 is 1.95 bits per heavy atom. The monoisotopic (exact) mass is 287 g/mol. The SMILES string of the molecule is CCN1OC(C(=O)O)C(C(F)(F)F)=C1c1ccccc1. The Labute approximate surface area is 113 Å². The van der Waals surface area contributed by atoms with Crippen molar-refractivity contribution in [3.8, 4) is 0 Å². The molecule has 0 spiro atoms. The maximum absolute atomic E-state index is 13.2. The van der Waals surface area contributed by atoms with Crippen LogP contribution in [0.2, 0.25) is 0 Å². The number of rotatable bonds is 3. The third-order valence-corrected chi connectivity index (χ3v) is 2.86. The molecule has 108 valence electrons. The molecule has 0 amide bonds. The fraction of sp³-hybridized carbons (Fsp3) is 0.308. The van der Waals surface area contributed by atoms with Gasteiger partial charge in [0.05, 0.1) is 5.70 Å². The van der Waals surface area contributed by atoms with Crippen LogP contribution in [0.5, 0.6) is 0 Å². The van der Waals surface area contributed by atoms with Crippen molar-refractivity contribution >= 4 is 11.7 Å². The van der Waals surface area contributed by atoms with Gasteiger partial charge in [-0.15, -0.1) is 0 Å². The van der Waals surface area contributed by atoms with Crippen molar-refractivity contribution in [2.24, 2.45) is 0 Å². The summed E-state index contributed by atoms with van der Waals surface area (Å²) in [6, 6.07) is 7.79. The topological polar surface area (TPSA) is 49.8 Å². The third kappa shape index (κ3) is 2.49. The Hall–Kier alpha value is -2.02. The first-order valence-electron chi connectivity index (χ1n) is 5.90. The van der Waals surface area contributed by atoms with Crippen LogP contribution in [0.1, 0.15) is 12.5 Å². The Kier molecular flexibility index (Phi) is 3.71. The van der Waals surface area contributed by atoms with Crippen LogP contribution in [0.3, 0.4) is 0 Å². The second-order valence-corrected chi connectivity index (χ2v) is 4.14. The minimum Gasteiger partial charge on any atom is -0.479 e. The van der Waals surface area contributed by atoms with E-state index in [0.29, 0.717) is 0 Å². The number of benzene rings is 1. The molecule has 1 aromatic carbocycles. The number of carbonyl (C=O) groups is 1. The molecular formula is C13H12F3NO3. The van der Waals surface area contributed by atoms with Gasteiger partial charge in [-0.1, -0.05) is 30.3 Å². The highest BCUT2D eigenvalue weighted by molar-refractivity contribution is 5.84. The number of hydrogen-bond donors (Lipinski definition) is 1. The molecule has 1 N–H and O–H groups in total. The molecule has 0 radical (unpaired) electrons. The quantitative estimate of drug-likeness (QED) is 0.928. The normalized spacial score (nSPS) is 19.6. The van der Waals surface area contributed by atoms with Gasteiger partial charge in [-0.25, -0.2) is 4.79 Å². The van der Waals surface area contributed by atoms with E-state index in [0.717, 1.165) is 5.06 Å². The maximum atomic E-state index is 13.2. The molecule has 0 fully saturated rings. The Morgan fingerprint density at radius 3 is 2.40 bits per heavy atom. The number of carboxylic acid groups (broad SMARTS) is 1. The van der Waals surface area contributed by atoms with E-state index >= 15 is 0 Å². The van der Waals surface area contributed by atoms with Crippen LogP contribution in [-0.4, -0.2) is 35.0 Å². The average Bonchev–Trinajstić information content (AvgIpc) is 2.79. The van der Waals surface area contributed by atoms with Crippen LogP contribution >= 0.6 is 0 Å². The van der Waals surface area contributed by atoms with E-state index in [1.807, 2.05) is 0 Å². The fourth-order valence-electron chi connectivity index (χ4n) is 2.07. The number of hydrogen-bond acceptors (Lipinski definition) is 3. The first-order valence-corrected chi connectivity index (χ1v) is 5.90. The zero-order valence-electron chi connectivity index (χ0n) is 10.5. The van der Waals surface area contributed by atoms with Gasteiger partial charge in [-0.3, -0.25) is 9.90 Å². The third-order valence-electron chi connectivity index (χ3n) is 2.86. The van der Waals surface area contributed by atoms with Gasteiger partial charge in [0.25, 0.3) is 0 Å². The van der Waals surface area contributed by atoms with Gasteiger partial charge in [0, 0.05) is 12.1 Å². The van der Waals surface area contributed by atoms with Gasteiger partial charge in [0.1, 0.15) is 5.57 Å². The molecule has 2 rings (SSSR count). The predicted octanol–water partition coefficient (Wildman–Crippen LogP) is 2.68. The van der Waals surface area contributed by atoms with Gasteiger partial charge < -0.3 is 5.11 Å². The highest BCUT2D eigenvalue weighted by Gasteiger charge is 2.51. The first kappa shape index (κ1) is 14.4. The number of aliphatic carboxylic acids is 1. The molecule has 0 saturated carbocycles. The Balaban J connectivity index is 2.64. The summed E-state index contributed by atoms with van der Waals surface area (Å²) in [7, 11) is 0. The van der Waals surface area contributed by atoms with Crippen molar-refractivity contribution in [2.75, 3.05) is 6.54 Å². The van der Waals surface area contributed by atoms with E-state index in [-0.39, 0.29) is 17.8 Å². The van der Waals surface area contributed by atoms with E-state index in [4.69, 9.17) is 9.94 Å². The van der Waals surface area contributed by atoms with E-state index < -0.39 is 23.8 Å². The molecule has 0 saturated heterocycles. The fourth-order valence-corrected chi connectivity index (χ4v) is 2.07. The van der Waals surface area contributed by atoms with Crippen molar-refractivity contribution in [3.05, 3.63) is 41.5 Å². The smallest absolute Gasteiger partial charge is 0.417 e. The number of alkyl halides is 3. The van der Waals surface area contributed by atoms with Crippen molar-refractivity contribution in [1.29, 1.82) is 0 Å². The highest BCUT2D eigenvalue weighted by atomic mass is 19.4. The van der Waals surface area contributed by atoms with Crippen molar-refractivity contribution in [3.63, 3.8) is 0 Å². The number of nitrogens with zero attached hydrogens (tertiary/aromatic N) is 1. The zero-order valence-corrected chi connectivity index (χ0v) is 10.5. The van der Waals surface area contributed by atoms with E-state index in [1.165, 1.54) is 12.1 Å². The summed E-state index contributed by atoms with van der Waals surface area (Å²) in [5.41, 5.74) is -1.16. The van der Waals surface area contributed by atoms with Crippen LogP contribution < -0.4 is 0 Å². The number of carboxylic acids is 1. The van der Waals surface area contributed by atoms with Crippen LogP contribution in [0.15, 0.2) is 35.9 Å². The molecule has 0 aromatic heterocycles. The standard InChI is InChI=1S/C13H12F3NO3/c1-2-17-10(8-6-4-3-5-7-8)9(13(14,15)16)11(20-17)12(18)19/h3-7,11H,2H2,1H3,(H,18,19). The summed E-state index contributed by atoms with van der Waals surface area (Å²) in [5.74, 6) is -1.67. The molecule has 1 atom stereocenters. The van der Waals surface area contributed by atoms with E-state index in [2.05, 4.69) is 0 Å². The lowest BCUT2D eigenvalue weighted by Gasteiger charge is -2.19. The first-order chi connectivity index (χ1) is 9.36. The van der Waals surface area contributed by atoms with Crippen LogP contribution in [0, 0.1) is 0 Å². The average molecular weight is 287 g/mol. The molecule has 20 heavy (non-hydrogen) atoms. The van der Waals surface area contributed by atoms with Gasteiger partial charge in [-0.05, 0) is 6.92 Å². The summed E-state index contributed by atoms with van der Waals surface area (Å²) < 4.78 is 39.6. The highest BCUT2D eigenvalue weighted by Crippen LogP contribution is 2.42. The minimum absolute atomic E-state index is 0.105. The predicted molar refractivity (Wildman–Crippen MR) is 64.3 cm³/mol. The van der Waals surface area contributed by atoms with Crippen LogP contribution in [-0.2, 0) is 9.63 Å². The molecule has 1 unspecified atom stereocenters. The molecule has 1 aliphatic rings. The van der Waals surface area contributed by atoms with Gasteiger partial charge >= 0.3 is 12.1 Å². The second kappa shape index (κ2) is 5.16. The van der Waals surface area contributed by atoms with Crippen molar-refractivity contribution in [1.82, 2.24) is 5.06 Å². The van der Waals surface area contributed by atoms with Gasteiger partial charge in [-0.2, -0.15) is 13.2 Å². The number of halogens is 3. The summed E-state index contributed by atoms with van der Waals surface area (Å²) in [6.07, 6.45) is -6.82.